The fraction of sp³-hybridized carbons (Fsp3) is 0.167. The van der Waals surface area contributed by atoms with Gasteiger partial charge in [0.25, 0.3) is 11.6 Å². The highest BCUT2D eigenvalue weighted by molar-refractivity contribution is 6.08. The fourth-order valence-electron chi connectivity index (χ4n) is 2.80. The van der Waals surface area contributed by atoms with Gasteiger partial charge in [-0.1, -0.05) is 12.1 Å². The molecule has 3 rings (SSSR count). The maximum Gasteiger partial charge on any atom is 0.344 e. The number of carbonyl (C=O) groups is 3. The predicted octanol–water partition coefficient (Wildman–Crippen LogP) is 1.77. The number of nitrogens with zero attached hydrogens (tertiary/aromatic N) is 2. The molecule has 1 aliphatic rings. The molecule has 2 N–H and O–H groups in total. The molecule has 144 valence electrons. The van der Waals surface area contributed by atoms with Gasteiger partial charge in [0.15, 0.2) is 0 Å². The van der Waals surface area contributed by atoms with E-state index >= 15 is 0 Å². The molecule has 0 unspecified atom stereocenters. The Hall–Kier alpha value is -3.82. The van der Waals surface area contributed by atoms with Crippen molar-refractivity contribution < 1.29 is 23.7 Å². The standard InChI is InChI=1S/C18H15FN4O5/c1-18(12-4-8-14(9-5-12)23(27)28)16(25)22(17(26)20-18)21-15(24)10-11-2-6-13(19)7-3-11/h2-9H,10H2,1H3,(H,20,26)(H,21,24)/t18-/m1/s1. The Labute approximate surface area is 158 Å². The van der Waals surface area contributed by atoms with E-state index in [0.29, 0.717) is 16.1 Å². The molecule has 9 nitrogen and oxygen atoms in total. The first kappa shape index (κ1) is 19.0. The lowest BCUT2D eigenvalue weighted by molar-refractivity contribution is -0.384. The van der Waals surface area contributed by atoms with Crippen LogP contribution in [0.2, 0.25) is 0 Å². The molecule has 1 fully saturated rings. The average molecular weight is 386 g/mol. The number of hydrogen-bond acceptors (Lipinski definition) is 5. The van der Waals surface area contributed by atoms with Crippen molar-refractivity contribution in [2.24, 2.45) is 0 Å². The van der Waals surface area contributed by atoms with E-state index in [1.165, 1.54) is 55.5 Å². The number of rotatable bonds is 5. The molecule has 2 aromatic rings. The molecule has 1 heterocycles. The minimum absolute atomic E-state index is 0.159. The zero-order valence-corrected chi connectivity index (χ0v) is 14.6. The number of nitro groups is 1. The summed E-state index contributed by atoms with van der Waals surface area (Å²) in [6.07, 6.45) is -0.161. The van der Waals surface area contributed by atoms with Gasteiger partial charge in [0.2, 0.25) is 5.91 Å². The van der Waals surface area contributed by atoms with Gasteiger partial charge in [0.1, 0.15) is 11.4 Å². The minimum atomic E-state index is -1.49. The van der Waals surface area contributed by atoms with Gasteiger partial charge < -0.3 is 5.32 Å². The van der Waals surface area contributed by atoms with Crippen LogP contribution in [0, 0.1) is 15.9 Å². The van der Waals surface area contributed by atoms with Crippen LogP contribution in [-0.4, -0.2) is 27.8 Å². The third-order valence-corrected chi connectivity index (χ3v) is 4.36. The Morgan fingerprint density at radius 1 is 1.18 bits per heavy atom. The summed E-state index contributed by atoms with van der Waals surface area (Å²) >= 11 is 0. The lowest BCUT2D eigenvalue weighted by atomic mass is 9.92. The molecular weight excluding hydrogens is 371 g/mol. The second-order valence-corrected chi connectivity index (χ2v) is 6.34. The Morgan fingerprint density at radius 3 is 2.36 bits per heavy atom. The lowest BCUT2D eigenvalue weighted by Gasteiger charge is -2.22. The molecule has 10 heteroatoms. The van der Waals surface area contributed by atoms with Crippen molar-refractivity contribution in [3.8, 4) is 0 Å². The Kier molecular flexibility index (Phi) is 4.78. The SMILES string of the molecule is C[C@]1(c2ccc([N+](=O)[O-])cc2)NC(=O)N(NC(=O)Cc2ccc(F)cc2)C1=O. The van der Waals surface area contributed by atoms with Crippen LogP contribution < -0.4 is 10.7 Å². The van der Waals surface area contributed by atoms with E-state index in [2.05, 4.69) is 10.7 Å². The topological polar surface area (TPSA) is 122 Å². The van der Waals surface area contributed by atoms with Crippen molar-refractivity contribution in [2.45, 2.75) is 18.9 Å². The number of hydrogen-bond donors (Lipinski definition) is 2. The van der Waals surface area contributed by atoms with Crippen LogP contribution in [0.15, 0.2) is 48.5 Å². The minimum Gasteiger partial charge on any atom is -0.318 e. The average Bonchev–Trinajstić information content (AvgIpc) is 2.88. The van der Waals surface area contributed by atoms with Crippen molar-refractivity contribution in [2.75, 3.05) is 0 Å². The van der Waals surface area contributed by atoms with Gasteiger partial charge in [0.05, 0.1) is 11.3 Å². The molecular formula is C18H15FN4O5. The number of non-ortho nitro benzene ring substituents is 1. The summed E-state index contributed by atoms with van der Waals surface area (Å²) in [7, 11) is 0. The number of carbonyl (C=O) groups excluding carboxylic acids is 3. The summed E-state index contributed by atoms with van der Waals surface area (Å²) in [4.78, 5) is 47.3. The highest BCUT2D eigenvalue weighted by Gasteiger charge is 2.50. The van der Waals surface area contributed by atoms with Gasteiger partial charge in [-0.25, -0.2) is 9.18 Å². The van der Waals surface area contributed by atoms with E-state index in [1.54, 1.807) is 0 Å². The molecule has 0 spiro atoms. The molecule has 1 aliphatic heterocycles. The summed E-state index contributed by atoms with van der Waals surface area (Å²) in [5.41, 5.74) is 1.41. The summed E-state index contributed by atoms with van der Waals surface area (Å²) < 4.78 is 12.9. The van der Waals surface area contributed by atoms with Crippen LogP contribution in [0.1, 0.15) is 18.1 Å². The van der Waals surface area contributed by atoms with Crippen molar-refractivity contribution in [1.82, 2.24) is 15.8 Å². The highest BCUT2D eigenvalue weighted by Crippen LogP contribution is 2.29. The molecule has 0 aliphatic carbocycles. The quantitative estimate of drug-likeness (QED) is 0.461. The van der Waals surface area contributed by atoms with Crippen LogP contribution in [0.25, 0.3) is 0 Å². The maximum atomic E-state index is 12.9. The maximum absolute atomic E-state index is 12.9. The Bertz CT molecular complexity index is 961. The second kappa shape index (κ2) is 7.06. The van der Waals surface area contributed by atoms with Gasteiger partial charge in [-0.3, -0.25) is 25.1 Å². The number of nitrogens with one attached hydrogen (secondary N) is 2. The third-order valence-electron chi connectivity index (χ3n) is 4.36. The van der Waals surface area contributed by atoms with Crippen molar-refractivity contribution >= 4 is 23.5 Å². The molecule has 2 aromatic carbocycles. The molecule has 0 aromatic heterocycles. The number of imide groups is 1. The molecule has 4 amide bonds. The van der Waals surface area contributed by atoms with Crippen molar-refractivity contribution in [1.29, 1.82) is 0 Å². The van der Waals surface area contributed by atoms with Crippen LogP contribution in [0.3, 0.4) is 0 Å². The second-order valence-electron chi connectivity index (χ2n) is 6.34. The van der Waals surface area contributed by atoms with E-state index in [0.717, 1.165) is 0 Å². The van der Waals surface area contributed by atoms with E-state index in [-0.39, 0.29) is 12.1 Å². The predicted molar refractivity (Wildman–Crippen MR) is 94.1 cm³/mol. The van der Waals surface area contributed by atoms with Gasteiger partial charge >= 0.3 is 6.03 Å². The largest absolute Gasteiger partial charge is 0.344 e. The number of nitro benzene ring substituents is 1. The number of halogens is 1. The number of amides is 4. The van der Waals surface area contributed by atoms with Crippen molar-refractivity contribution in [3.05, 3.63) is 75.6 Å². The molecule has 0 bridgehead atoms. The molecule has 0 saturated carbocycles. The fourth-order valence-corrected chi connectivity index (χ4v) is 2.80. The lowest BCUT2D eigenvalue weighted by Crippen LogP contribution is -2.48. The molecule has 1 atom stereocenters. The monoisotopic (exact) mass is 386 g/mol. The van der Waals surface area contributed by atoms with Gasteiger partial charge in [0, 0.05) is 12.1 Å². The van der Waals surface area contributed by atoms with Gasteiger partial charge in [-0.15, -0.1) is 0 Å². The highest BCUT2D eigenvalue weighted by atomic mass is 19.1. The van der Waals surface area contributed by atoms with Gasteiger partial charge in [-0.05, 0) is 42.3 Å². The van der Waals surface area contributed by atoms with Crippen LogP contribution in [-0.2, 0) is 21.5 Å². The van der Waals surface area contributed by atoms with Crippen LogP contribution in [0.4, 0.5) is 14.9 Å². The van der Waals surface area contributed by atoms with E-state index < -0.39 is 34.1 Å². The summed E-state index contributed by atoms with van der Waals surface area (Å²) in [5, 5.41) is 13.8. The molecule has 28 heavy (non-hydrogen) atoms. The Balaban J connectivity index is 1.74. The normalized spacial score (nSPS) is 18.7. The van der Waals surface area contributed by atoms with Crippen LogP contribution >= 0.6 is 0 Å². The first-order chi connectivity index (χ1) is 13.2. The van der Waals surface area contributed by atoms with E-state index in [9.17, 15) is 28.9 Å². The number of hydrazine groups is 1. The van der Waals surface area contributed by atoms with E-state index in [1.807, 2.05) is 0 Å². The summed E-state index contributed by atoms with van der Waals surface area (Å²) in [5.74, 6) is -1.82. The summed E-state index contributed by atoms with van der Waals surface area (Å²) in [6, 6.07) is 9.55. The van der Waals surface area contributed by atoms with Crippen molar-refractivity contribution in [3.63, 3.8) is 0 Å². The smallest absolute Gasteiger partial charge is 0.318 e. The summed E-state index contributed by atoms with van der Waals surface area (Å²) in [6.45, 7) is 1.43. The molecule has 0 radical (unpaired) electrons. The third kappa shape index (κ3) is 3.52. The van der Waals surface area contributed by atoms with Gasteiger partial charge in [-0.2, -0.15) is 5.01 Å². The zero-order chi connectivity index (χ0) is 20.5. The first-order valence-corrected chi connectivity index (χ1v) is 8.16. The number of benzene rings is 2. The van der Waals surface area contributed by atoms with Crippen LogP contribution in [0.5, 0.6) is 0 Å². The zero-order valence-electron chi connectivity index (χ0n) is 14.6. The number of urea groups is 1. The van der Waals surface area contributed by atoms with E-state index in [4.69, 9.17) is 0 Å². The molecule has 1 saturated heterocycles. The first-order valence-electron chi connectivity index (χ1n) is 8.16. The Morgan fingerprint density at radius 2 is 1.79 bits per heavy atom.